The summed E-state index contributed by atoms with van der Waals surface area (Å²) in [6.45, 7) is 0. The second-order valence-corrected chi connectivity index (χ2v) is 1.53. The predicted molar refractivity (Wildman–Crippen MR) is 32.0 cm³/mol. The molecule has 0 rings (SSSR count). The molecular formula is C5H7F3N2. The van der Waals surface area contributed by atoms with Crippen molar-refractivity contribution >= 4 is 6.21 Å². The highest BCUT2D eigenvalue weighted by molar-refractivity contribution is 5.77. The molecule has 0 amide bonds. The molecule has 5 heteroatoms. The SMILES string of the molecule is CN/C=C(\C=N)C(F)(F)F. The molecular weight excluding hydrogens is 145 g/mol. The van der Waals surface area contributed by atoms with Crippen LogP contribution < -0.4 is 5.32 Å². The van der Waals surface area contributed by atoms with Gasteiger partial charge in [0.2, 0.25) is 0 Å². The predicted octanol–water partition coefficient (Wildman–Crippen LogP) is 1.30. The summed E-state index contributed by atoms with van der Waals surface area (Å²) >= 11 is 0. The fourth-order valence-corrected chi connectivity index (χ4v) is 0.361. The molecule has 0 aromatic rings. The molecule has 0 aromatic carbocycles. The molecule has 0 atom stereocenters. The van der Waals surface area contributed by atoms with Crippen LogP contribution in [0.4, 0.5) is 13.2 Å². The first-order chi connectivity index (χ1) is 4.52. The average molecular weight is 152 g/mol. The monoisotopic (exact) mass is 152 g/mol. The molecule has 0 aliphatic rings. The van der Waals surface area contributed by atoms with E-state index in [-0.39, 0.29) is 6.21 Å². The zero-order chi connectivity index (χ0) is 8.20. The highest BCUT2D eigenvalue weighted by Crippen LogP contribution is 2.22. The standard InChI is InChI=1S/C5H7F3N2/c1-10-3-4(2-9)5(6,7)8/h2-3,9-10H,1H3/b4-3+,9-2?. The lowest BCUT2D eigenvalue weighted by Crippen LogP contribution is -2.15. The van der Waals surface area contributed by atoms with Crippen LogP contribution in [0.3, 0.4) is 0 Å². The van der Waals surface area contributed by atoms with Gasteiger partial charge in [0.15, 0.2) is 0 Å². The summed E-state index contributed by atoms with van der Waals surface area (Å²) in [5.41, 5.74) is -0.991. The number of alkyl halides is 3. The molecule has 0 aromatic heterocycles. The zero-order valence-corrected chi connectivity index (χ0v) is 5.29. The van der Waals surface area contributed by atoms with E-state index in [9.17, 15) is 13.2 Å². The van der Waals surface area contributed by atoms with E-state index in [2.05, 4.69) is 5.32 Å². The molecule has 58 valence electrons. The van der Waals surface area contributed by atoms with Crippen molar-refractivity contribution < 1.29 is 13.2 Å². The Bertz CT molecular complexity index is 147. The van der Waals surface area contributed by atoms with Gasteiger partial charge in [-0.05, 0) is 0 Å². The van der Waals surface area contributed by atoms with Gasteiger partial charge >= 0.3 is 6.18 Å². The smallest absolute Gasteiger partial charge is 0.393 e. The van der Waals surface area contributed by atoms with Gasteiger partial charge in [0.05, 0.1) is 5.57 Å². The molecule has 0 saturated heterocycles. The third kappa shape index (κ3) is 2.52. The maximum absolute atomic E-state index is 11.6. The number of hydrogen-bond acceptors (Lipinski definition) is 2. The van der Waals surface area contributed by atoms with Crippen molar-refractivity contribution in [1.29, 1.82) is 5.41 Å². The molecule has 0 fully saturated rings. The van der Waals surface area contributed by atoms with E-state index >= 15 is 0 Å². The van der Waals surface area contributed by atoms with E-state index in [0.717, 1.165) is 6.20 Å². The quantitative estimate of drug-likeness (QED) is 0.575. The maximum atomic E-state index is 11.6. The lowest BCUT2D eigenvalue weighted by molar-refractivity contribution is -0.0859. The number of halogens is 3. The van der Waals surface area contributed by atoms with Crippen LogP contribution in [0.2, 0.25) is 0 Å². The summed E-state index contributed by atoms with van der Waals surface area (Å²) in [6.07, 6.45) is -3.44. The first-order valence-corrected chi connectivity index (χ1v) is 2.47. The summed E-state index contributed by atoms with van der Waals surface area (Å²) in [5, 5.41) is 8.56. The number of hydrogen-bond donors (Lipinski definition) is 2. The number of allylic oxidation sites excluding steroid dienone is 1. The van der Waals surface area contributed by atoms with Gasteiger partial charge < -0.3 is 10.7 Å². The minimum Gasteiger partial charge on any atom is -0.393 e. The van der Waals surface area contributed by atoms with Crippen molar-refractivity contribution in [3.05, 3.63) is 11.8 Å². The van der Waals surface area contributed by atoms with Gasteiger partial charge in [-0.1, -0.05) is 0 Å². The third-order valence-electron chi connectivity index (χ3n) is 0.783. The molecule has 0 spiro atoms. The van der Waals surface area contributed by atoms with Crippen LogP contribution in [0, 0.1) is 5.41 Å². The Morgan fingerprint density at radius 3 is 2.10 bits per heavy atom. The highest BCUT2D eigenvalue weighted by atomic mass is 19.4. The molecule has 2 nitrogen and oxygen atoms in total. The van der Waals surface area contributed by atoms with Gasteiger partial charge in [0, 0.05) is 19.5 Å². The van der Waals surface area contributed by atoms with Gasteiger partial charge in [-0.25, -0.2) is 0 Å². The number of nitrogens with one attached hydrogen (secondary N) is 2. The van der Waals surface area contributed by atoms with E-state index < -0.39 is 11.7 Å². The Balaban J connectivity index is 4.36. The second-order valence-electron chi connectivity index (χ2n) is 1.53. The maximum Gasteiger partial charge on any atom is 0.419 e. The topological polar surface area (TPSA) is 35.9 Å². The Hall–Kier alpha value is -1.00. The minimum absolute atomic E-state index is 0.260. The van der Waals surface area contributed by atoms with Crippen LogP contribution in [-0.4, -0.2) is 19.4 Å². The van der Waals surface area contributed by atoms with Crippen molar-refractivity contribution in [3.63, 3.8) is 0 Å². The summed E-state index contributed by atoms with van der Waals surface area (Å²) in [4.78, 5) is 0. The molecule has 0 aliphatic heterocycles. The average Bonchev–Trinajstić information content (AvgIpc) is 1.80. The Morgan fingerprint density at radius 2 is 2.00 bits per heavy atom. The largest absolute Gasteiger partial charge is 0.419 e. The molecule has 0 bridgehead atoms. The van der Waals surface area contributed by atoms with Crippen LogP contribution in [0.5, 0.6) is 0 Å². The summed E-state index contributed by atoms with van der Waals surface area (Å²) < 4.78 is 34.9. The Morgan fingerprint density at radius 1 is 1.50 bits per heavy atom. The van der Waals surface area contributed by atoms with Crippen LogP contribution >= 0.6 is 0 Å². The first-order valence-electron chi connectivity index (χ1n) is 2.47. The van der Waals surface area contributed by atoms with Gasteiger partial charge in [-0.2, -0.15) is 13.2 Å². The van der Waals surface area contributed by atoms with Crippen molar-refractivity contribution in [2.45, 2.75) is 6.18 Å². The van der Waals surface area contributed by atoms with E-state index in [1.807, 2.05) is 0 Å². The first kappa shape index (κ1) is 9.00. The highest BCUT2D eigenvalue weighted by Gasteiger charge is 2.31. The lowest BCUT2D eigenvalue weighted by atomic mass is 10.3. The molecule has 0 saturated carbocycles. The Kier molecular flexibility index (Phi) is 2.92. The van der Waals surface area contributed by atoms with Gasteiger partial charge in [0.25, 0.3) is 0 Å². The Labute approximate surface area is 56.2 Å². The van der Waals surface area contributed by atoms with Gasteiger partial charge in [-0.15, -0.1) is 0 Å². The van der Waals surface area contributed by atoms with Crippen molar-refractivity contribution in [2.24, 2.45) is 0 Å². The van der Waals surface area contributed by atoms with E-state index in [4.69, 9.17) is 5.41 Å². The van der Waals surface area contributed by atoms with Crippen LogP contribution in [0.1, 0.15) is 0 Å². The molecule has 10 heavy (non-hydrogen) atoms. The third-order valence-corrected chi connectivity index (χ3v) is 0.783. The zero-order valence-electron chi connectivity index (χ0n) is 5.29. The summed E-state index contributed by atoms with van der Waals surface area (Å²) in [7, 11) is 1.34. The summed E-state index contributed by atoms with van der Waals surface area (Å²) in [6, 6.07) is 0. The molecule has 0 radical (unpaired) electrons. The van der Waals surface area contributed by atoms with E-state index in [0.29, 0.717) is 0 Å². The molecule has 2 N–H and O–H groups in total. The molecule has 0 unspecified atom stereocenters. The normalized spacial score (nSPS) is 13.0. The molecule has 0 aliphatic carbocycles. The minimum atomic E-state index is -4.43. The van der Waals surface area contributed by atoms with Gasteiger partial charge in [0.1, 0.15) is 0 Å². The number of rotatable bonds is 2. The van der Waals surface area contributed by atoms with Crippen LogP contribution in [-0.2, 0) is 0 Å². The fraction of sp³-hybridized carbons (Fsp3) is 0.400. The van der Waals surface area contributed by atoms with Crippen LogP contribution in [0.15, 0.2) is 11.8 Å². The van der Waals surface area contributed by atoms with E-state index in [1.54, 1.807) is 0 Å². The van der Waals surface area contributed by atoms with Crippen molar-refractivity contribution in [1.82, 2.24) is 5.32 Å². The fourth-order valence-electron chi connectivity index (χ4n) is 0.361. The van der Waals surface area contributed by atoms with E-state index in [1.165, 1.54) is 7.05 Å². The molecule has 0 heterocycles. The summed E-state index contributed by atoms with van der Waals surface area (Å²) in [5.74, 6) is 0. The van der Waals surface area contributed by atoms with Crippen molar-refractivity contribution in [3.8, 4) is 0 Å². The van der Waals surface area contributed by atoms with Crippen LogP contribution in [0.25, 0.3) is 0 Å². The second kappa shape index (κ2) is 3.24. The van der Waals surface area contributed by atoms with Crippen molar-refractivity contribution in [2.75, 3.05) is 7.05 Å². The van der Waals surface area contributed by atoms with Gasteiger partial charge in [-0.3, -0.25) is 0 Å². The lowest BCUT2D eigenvalue weighted by Gasteiger charge is -2.04.